The van der Waals surface area contributed by atoms with Crippen LogP contribution in [-0.4, -0.2) is 41.3 Å². The normalized spacial score (nSPS) is 48.8. The summed E-state index contributed by atoms with van der Waals surface area (Å²) in [6, 6.07) is 1.71. The molecule has 6 aliphatic rings. The molecule has 2 aliphatic carbocycles. The van der Waals surface area contributed by atoms with Gasteiger partial charge in [0.05, 0.1) is 29.3 Å². The minimum atomic E-state index is -1.80. The highest BCUT2D eigenvalue weighted by molar-refractivity contribution is 5.90. The number of hydrogen-bond acceptors (Lipinski definition) is 8. The smallest absolute Gasteiger partial charge is 0.339 e. The van der Waals surface area contributed by atoms with E-state index in [1.54, 1.807) is 6.07 Å². The molecule has 5 heterocycles. The van der Waals surface area contributed by atoms with E-state index in [2.05, 4.69) is 0 Å². The van der Waals surface area contributed by atoms with E-state index in [-0.39, 0.29) is 43.9 Å². The van der Waals surface area contributed by atoms with Gasteiger partial charge in [-0.15, -0.1) is 0 Å². The van der Waals surface area contributed by atoms with Gasteiger partial charge in [0.1, 0.15) is 18.8 Å². The molecule has 0 aromatic carbocycles. The fourth-order valence-corrected chi connectivity index (χ4v) is 6.77. The molecule has 0 radical (unpaired) electrons. The van der Waals surface area contributed by atoms with Gasteiger partial charge in [0.2, 0.25) is 0 Å². The standard InChI is InChI=1S/C20H20O8/c21-15-12-5-11-6-14-18(9-26-15)7-13(10-1-4-25-8-10)28-17(23)20(18,24)3-2-19(12,14)16(22)27-11/h1,4,8,11-14,24H,2-3,5-7,9H2. The van der Waals surface area contributed by atoms with Crippen LogP contribution in [0.5, 0.6) is 0 Å². The van der Waals surface area contributed by atoms with E-state index in [1.807, 2.05) is 0 Å². The van der Waals surface area contributed by atoms with Crippen molar-refractivity contribution in [2.45, 2.75) is 49.9 Å². The summed E-state index contributed by atoms with van der Waals surface area (Å²) in [6.45, 7) is -0.102. The molecule has 0 amide bonds. The minimum absolute atomic E-state index is 0.0490. The number of cyclic esters (lactones) is 2. The third-order valence-electron chi connectivity index (χ3n) is 8.09. The summed E-state index contributed by atoms with van der Waals surface area (Å²) in [5, 5.41) is 11.6. The van der Waals surface area contributed by atoms with E-state index < -0.39 is 40.4 Å². The third kappa shape index (κ3) is 1.65. The lowest BCUT2D eigenvalue weighted by Gasteiger charge is -2.65. The molecule has 8 nitrogen and oxygen atoms in total. The van der Waals surface area contributed by atoms with Gasteiger partial charge in [0.15, 0.2) is 5.60 Å². The van der Waals surface area contributed by atoms with Crippen LogP contribution in [-0.2, 0) is 28.6 Å². The monoisotopic (exact) mass is 388 g/mol. The average Bonchev–Trinajstić information content (AvgIpc) is 3.20. The Labute approximate surface area is 160 Å². The molecule has 148 valence electrons. The lowest BCUT2D eigenvalue weighted by atomic mass is 9.40. The van der Waals surface area contributed by atoms with Gasteiger partial charge < -0.3 is 23.7 Å². The molecule has 2 spiro atoms. The van der Waals surface area contributed by atoms with Crippen LogP contribution in [0.4, 0.5) is 0 Å². The van der Waals surface area contributed by atoms with E-state index >= 15 is 0 Å². The van der Waals surface area contributed by atoms with Crippen molar-refractivity contribution in [2.75, 3.05) is 6.61 Å². The van der Waals surface area contributed by atoms with Gasteiger partial charge in [0.25, 0.3) is 0 Å². The zero-order valence-corrected chi connectivity index (χ0v) is 15.1. The molecule has 4 saturated heterocycles. The van der Waals surface area contributed by atoms with Crippen LogP contribution >= 0.6 is 0 Å². The van der Waals surface area contributed by atoms with Gasteiger partial charge in [-0.05, 0) is 37.7 Å². The molecule has 8 heteroatoms. The van der Waals surface area contributed by atoms with Crippen molar-refractivity contribution in [3.8, 4) is 0 Å². The maximum absolute atomic E-state index is 13.0. The van der Waals surface area contributed by atoms with Crippen LogP contribution in [0, 0.1) is 22.7 Å². The van der Waals surface area contributed by atoms with Gasteiger partial charge in [-0.2, -0.15) is 0 Å². The van der Waals surface area contributed by atoms with Gasteiger partial charge >= 0.3 is 17.9 Å². The Hall–Kier alpha value is -2.35. The SMILES string of the molecule is O=C1OCC23CC(c4ccoc4)OC(=O)C2(O)CCC24C(=O)OC(CC12)CC43. The quantitative estimate of drug-likeness (QED) is 0.565. The Kier molecular flexibility index (Phi) is 2.95. The number of furan rings is 1. The van der Waals surface area contributed by atoms with Crippen LogP contribution in [0.25, 0.3) is 0 Å². The first kappa shape index (κ1) is 16.6. The molecule has 7 unspecified atom stereocenters. The van der Waals surface area contributed by atoms with E-state index in [1.165, 1.54) is 12.5 Å². The van der Waals surface area contributed by atoms with Gasteiger partial charge in [-0.25, -0.2) is 4.79 Å². The highest BCUT2D eigenvalue weighted by atomic mass is 16.6. The molecule has 7 atom stereocenters. The molecule has 28 heavy (non-hydrogen) atoms. The maximum Gasteiger partial charge on any atom is 0.339 e. The molecule has 7 rings (SSSR count). The van der Waals surface area contributed by atoms with E-state index in [0.29, 0.717) is 18.4 Å². The topological polar surface area (TPSA) is 112 Å². The molecule has 2 saturated carbocycles. The van der Waals surface area contributed by atoms with Crippen molar-refractivity contribution in [3.63, 3.8) is 0 Å². The summed E-state index contributed by atoms with van der Waals surface area (Å²) in [5.74, 6) is -2.48. The highest BCUT2D eigenvalue weighted by Gasteiger charge is 2.79. The maximum atomic E-state index is 13.0. The Morgan fingerprint density at radius 1 is 1.07 bits per heavy atom. The number of hydrogen-bond donors (Lipinski definition) is 1. The second-order valence-electron chi connectivity index (χ2n) is 8.92. The molecule has 1 aromatic rings. The number of ether oxygens (including phenoxy) is 3. The second kappa shape index (κ2) is 4.97. The summed E-state index contributed by atoms with van der Waals surface area (Å²) in [7, 11) is 0. The zero-order valence-electron chi connectivity index (χ0n) is 15.1. The second-order valence-corrected chi connectivity index (χ2v) is 8.92. The summed E-state index contributed by atoms with van der Waals surface area (Å²) < 4.78 is 21.9. The number of rotatable bonds is 1. The van der Waals surface area contributed by atoms with Crippen LogP contribution in [0.1, 0.15) is 43.8 Å². The zero-order chi connectivity index (χ0) is 19.3. The van der Waals surface area contributed by atoms with Crippen molar-refractivity contribution >= 4 is 17.9 Å². The van der Waals surface area contributed by atoms with E-state index in [9.17, 15) is 19.5 Å². The van der Waals surface area contributed by atoms with Gasteiger partial charge in [-0.1, -0.05) is 0 Å². The largest absolute Gasteiger partial charge is 0.472 e. The van der Waals surface area contributed by atoms with Crippen molar-refractivity contribution in [1.29, 1.82) is 0 Å². The third-order valence-corrected chi connectivity index (χ3v) is 8.09. The first-order chi connectivity index (χ1) is 13.4. The van der Waals surface area contributed by atoms with Crippen molar-refractivity contribution in [2.24, 2.45) is 22.7 Å². The summed E-state index contributed by atoms with van der Waals surface area (Å²) in [6.07, 6.45) is 3.48. The fraction of sp³-hybridized carbons (Fsp3) is 0.650. The Balaban J connectivity index is 1.55. The number of esters is 3. The molecule has 6 fully saturated rings. The fourth-order valence-electron chi connectivity index (χ4n) is 6.77. The van der Waals surface area contributed by atoms with Crippen molar-refractivity contribution in [1.82, 2.24) is 0 Å². The number of fused-ring (bicyclic) bond motifs is 1. The van der Waals surface area contributed by atoms with Crippen LogP contribution in [0.2, 0.25) is 0 Å². The summed E-state index contributed by atoms with van der Waals surface area (Å²) in [5.41, 5.74) is -3.24. The predicted octanol–water partition coefficient (Wildman–Crippen LogP) is 1.27. The summed E-state index contributed by atoms with van der Waals surface area (Å²) in [4.78, 5) is 38.9. The Morgan fingerprint density at radius 3 is 2.71 bits per heavy atom. The lowest BCUT2D eigenvalue weighted by molar-refractivity contribution is -0.279. The van der Waals surface area contributed by atoms with Crippen LogP contribution in [0.3, 0.4) is 0 Å². The highest BCUT2D eigenvalue weighted by Crippen LogP contribution is 2.70. The molecular formula is C20H20O8. The van der Waals surface area contributed by atoms with Gasteiger partial charge in [-0.3, -0.25) is 9.59 Å². The molecular weight excluding hydrogens is 368 g/mol. The van der Waals surface area contributed by atoms with E-state index in [0.717, 1.165) is 0 Å². The van der Waals surface area contributed by atoms with Crippen LogP contribution in [0.15, 0.2) is 23.0 Å². The van der Waals surface area contributed by atoms with Gasteiger partial charge in [0, 0.05) is 12.0 Å². The molecule has 4 aliphatic heterocycles. The minimum Gasteiger partial charge on any atom is -0.472 e. The molecule has 5 bridgehead atoms. The summed E-state index contributed by atoms with van der Waals surface area (Å²) >= 11 is 0. The number of carbonyl (C=O) groups is 3. The number of carbonyl (C=O) groups excluding carboxylic acids is 3. The molecule has 1 N–H and O–H groups in total. The lowest BCUT2D eigenvalue weighted by Crippen LogP contribution is -2.74. The molecule has 1 aromatic heterocycles. The van der Waals surface area contributed by atoms with Crippen LogP contribution < -0.4 is 0 Å². The average molecular weight is 388 g/mol. The Bertz CT molecular complexity index is 892. The first-order valence-electron chi connectivity index (χ1n) is 9.74. The number of aliphatic hydroxyl groups is 1. The Morgan fingerprint density at radius 2 is 1.93 bits per heavy atom. The predicted molar refractivity (Wildman–Crippen MR) is 88.3 cm³/mol. The van der Waals surface area contributed by atoms with E-state index in [4.69, 9.17) is 18.6 Å². The van der Waals surface area contributed by atoms with Crippen molar-refractivity contribution < 1.29 is 38.1 Å². The first-order valence-corrected chi connectivity index (χ1v) is 9.74. The van der Waals surface area contributed by atoms with Crippen molar-refractivity contribution in [3.05, 3.63) is 24.2 Å².